The van der Waals surface area contributed by atoms with Gasteiger partial charge in [-0.15, -0.1) is 0 Å². The van der Waals surface area contributed by atoms with Crippen molar-refractivity contribution in [1.82, 2.24) is 0 Å². The van der Waals surface area contributed by atoms with Crippen molar-refractivity contribution in [3.8, 4) is 0 Å². The molecular formula is C7H7O7S2. The minimum atomic E-state index is -5.57. The molecule has 0 fully saturated rings. The van der Waals surface area contributed by atoms with Crippen LogP contribution in [-0.4, -0.2) is 25.9 Å². The molecule has 1 aromatic carbocycles. The Kier molecular flexibility index (Phi) is 3.09. The van der Waals surface area contributed by atoms with Crippen LogP contribution in [0.15, 0.2) is 30.3 Å². The van der Waals surface area contributed by atoms with Crippen molar-refractivity contribution >= 4 is 20.2 Å². The number of rotatable bonds is 3. The maximum atomic E-state index is 11.7. The Labute approximate surface area is 91.8 Å². The lowest BCUT2D eigenvalue weighted by molar-refractivity contribution is 0.0959. The predicted octanol–water partition coefficient (Wildman–Crippen LogP) is 0.00300. The molecule has 0 atom stereocenters. The lowest BCUT2D eigenvalue weighted by atomic mass is 10.2. The molecule has 2 N–H and O–H groups in total. The molecule has 9 heteroatoms. The first-order chi connectivity index (χ1) is 7.11. The lowest BCUT2D eigenvalue weighted by Crippen LogP contribution is -2.41. The summed E-state index contributed by atoms with van der Waals surface area (Å²) in [6.45, 7) is 0. The molecule has 0 aliphatic rings. The van der Waals surface area contributed by atoms with E-state index in [1.54, 1.807) is 0 Å². The molecule has 0 unspecified atom stereocenters. The Hall–Kier alpha value is -1.00. The van der Waals surface area contributed by atoms with Crippen molar-refractivity contribution in [2.24, 2.45) is 0 Å². The van der Waals surface area contributed by atoms with Crippen molar-refractivity contribution in [1.29, 1.82) is 0 Å². The molecule has 1 rings (SSSR count). The second-order valence-electron chi connectivity index (χ2n) is 2.87. The van der Waals surface area contributed by atoms with Crippen LogP contribution in [0.4, 0.5) is 0 Å². The van der Waals surface area contributed by atoms with Crippen molar-refractivity contribution in [2.45, 2.75) is 4.27 Å². The molecule has 1 radical (unpaired) electrons. The van der Waals surface area contributed by atoms with Gasteiger partial charge in [0.15, 0.2) is 0 Å². The van der Waals surface area contributed by atoms with Crippen molar-refractivity contribution in [3.05, 3.63) is 35.9 Å². The van der Waals surface area contributed by atoms with Crippen LogP contribution < -0.4 is 0 Å². The SMILES string of the molecule is [O]C(c1ccccc1)(S(=O)(=O)O)S(=O)(=O)O. The quantitative estimate of drug-likeness (QED) is 0.742. The summed E-state index contributed by atoms with van der Waals surface area (Å²) in [5.74, 6) is 0. The van der Waals surface area contributed by atoms with Crippen LogP contribution in [0.5, 0.6) is 0 Å². The first kappa shape index (κ1) is 13.1. The lowest BCUT2D eigenvalue weighted by Gasteiger charge is -2.18. The molecule has 7 nitrogen and oxygen atoms in total. The summed E-state index contributed by atoms with van der Waals surface area (Å²) in [4.78, 5) is 0. The monoisotopic (exact) mass is 267 g/mol. The number of benzene rings is 1. The Morgan fingerprint density at radius 1 is 0.875 bits per heavy atom. The molecule has 0 saturated heterocycles. The highest BCUT2D eigenvalue weighted by Crippen LogP contribution is 2.32. The average Bonchev–Trinajstić information content (AvgIpc) is 2.14. The van der Waals surface area contributed by atoms with Gasteiger partial charge < -0.3 is 0 Å². The van der Waals surface area contributed by atoms with Crippen molar-refractivity contribution in [2.75, 3.05) is 0 Å². The van der Waals surface area contributed by atoms with E-state index in [2.05, 4.69) is 0 Å². The van der Waals surface area contributed by atoms with E-state index in [0.717, 1.165) is 12.1 Å². The Morgan fingerprint density at radius 2 is 1.25 bits per heavy atom. The highest BCUT2D eigenvalue weighted by atomic mass is 32.3. The molecule has 16 heavy (non-hydrogen) atoms. The fraction of sp³-hybridized carbons (Fsp3) is 0.143. The third kappa shape index (κ3) is 1.95. The van der Waals surface area contributed by atoms with Gasteiger partial charge >= 0.3 is 24.5 Å². The zero-order valence-corrected chi connectivity index (χ0v) is 9.27. The predicted molar refractivity (Wildman–Crippen MR) is 51.9 cm³/mol. The molecule has 0 spiro atoms. The molecule has 0 aromatic heterocycles. The van der Waals surface area contributed by atoms with E-state index in [-0.39, 0.29) is 0 Å². The fourth-order valence-electron chi connectivity index (χ4n) is 1.07. The van der Waals surface area contributed by atoms with Crippen LogP contribution >= 0.6 is 0 Å². The molecule has 0 aliphatic heterocycles. The molecule has 1 aromatic rings. The molecule has 0 heterocycles. The van der Waals surface area contributed by atoms with Gasteiger partial charge in [-0.3, -0.25) is 9.11 Å². The number of hydrogen-bond acceptors (Lipinski definition) is 4. The Balaban J connectivity index is 3.66. The van der Waals surface area contributed by atoms with Crippen LogP contribution in [0.2, 0.25) is 0 Å². The molecule has 89 valence electrons. The van der Waals surface area contributed by atoms with E-state index in [9.17, 15) is 21.9 Å². The van der Waals surface area contributed by atoms with Gasteiger partial charge in [0.1, 0.15) is 0 Å². The van der Waals surface area contributed by atoms with E-state index >= 15 is 0 Å². The topological polar surface area (TPSA) is 129 Å². The van der Waals surface area contributed by atoms with E-state index in [1.165, 1.54) is 18.2 Å². The van der Waals surface area contributed by atoms with Gasteiger partial charge in [-0.2, -0.15) is 21.9 Å². The zero-order chi connectivity index (χ0) is 12.6. The molecular weight excluding hydrogens is 260 g/mol. The molecule has 0 saturated carbocycles. The molecule has 0 aliphatic carbocycles. The van der Waals surface area contributed by atoms with Crippen LogP contribution in [-0.2, 0) is 29.6 Å². The summed E-state index contributed by atoms with van der Waals surface area (Å²) in [6, 6.07) is 5.53. The summed E-state index contributed by atoms with van der Waals surface area (Å²) < 4.78 is 56.5. The first-order valence-electron chi connectivity index (χ1n) is 3.80. The first-order valence-corrected chi connectivity index (χ1v) is 6.68. The molecule has 0 bridgehead atoms. The van der Waals surface area contributed by atoms with Crippen LogP contribution in [0.25, 0.3) is 0 Å². The minimum absolute atomic E-state index is 0.792. The maximum absolute atomic E-state index is 11.7. The summed E-state index contributed by atoms with van der Waals surface area (Å²) in [6.07, 6.45) is 0. The summed E-state index contributed by atoms with van der Waals surface area (Å²) in [5, 5.41) is 11.7. The van der Waals surface area contributed by atoms with Gasteiger partial charge in [-0.1, -0.05) is 30.3 Å². The third-order valence-corrected chi connectivity index (χ3v) is 4.90. The average molecular weight is 267 g/mol. The van der Waals surface area contributed by atoms with Gasteiger partial charge in [0.05, 0.1) is 0 Å². The highest BCUT2D eigenvalue weighted by molar-refractivity contribution is 8.04. The highest BCUT2D eigenvalue weighted by Gasteiger charge is 2.57. The van der Waals surface area contributed by atoms with Gasteiger partial charge in [0.25, 0.3) is 0 Å². The summed E-state index contributed by atoms with van der Waals surface area (Å²) in [5.41, 5.74) is -0.792. The normalized spacial score (nSPS) is 13.7. The van der Waals surface area contributed by atoms with Crippen LogP contribution in [0, 0.1) is 0 Å². The van der Waals surface area contributed by atoms with E-state index in [1.807, 2.05) is 0 Å². The van der Waals surface area contributed by atoms with E-state index in [4.69, 9.17) is 9.11 Å². The largest absolute Gasteiger partial charge is 0.375 e. The zero-order valence-electron chi connectivity index (χ0n) is 7.64. The van der Waals surface area contributed by atoms with Gasteiger partial charge in [0.2, 0.25) is 0 Å². The van der Waals surface area contributed by atoms with Gasteiger partial charge in [-0.25, -0.2) is 0 Å². The second kappa shape index (κ2) is 3.79. The smallest absolute Gasteiger partial charge is 0.282 e. The maximum Gasteiger partial charge on any atom is 0.375 e. The third-order valence-electron chi connectivity index (χ3n) is 1.81. The standard InChI is InChI=1S/C7H7O7S2/c8-7(15(9,10)11,16(12,13)14)6-4-2-1-3-5-6/h1-5H,(H,9,10,11)(H,12,13,14). The molecule has 0 amide bonds. The van der Waals surface area contributed by atoms with Crippen LogP contribution in [0.1, 0.15) is 5.56 Å². The van der Waals surface area contributed by atoms with Crippen molar-refractivity contribution in [3.63, 3.8) is 0 Å². The Bertz CT molecular complexity index is 540. The Morgan fingerprint density at radius 3 is 1.56 bits per heavy atom. The summed E-state index contributed by atoms with van der Waals surface area (Å²) in [7, 11) is -11.1. The van der Waals surface area contributed by atoms with Crippen molar-refractivity contribution < 1.29 is 31.0 Å². The van der Waals surface area contributed by atoms with E-state index < -0.39 is 30.1 Å². The second-order valence-corrected chi connectivity index (χ2v) is 6.18. The van der Waals surface area contributed by atoms with Gasteiger partial charge in [0, 0.05) is 5.56 Å². The van der Waals surface area contributed by atoms with Gasteiger partial charge in [-0.05, 0) is 0 Å². The minimum Gasteiger partial charge on any atom is -0.282 e. The van der Waals surface area contributed by atoms with Crippen LogP contribution in [0.3, 0.4) is 0 Å². The summed E-state index contributed by atoms with van der Waals surface area (Å²) >= 11 is 0. The fourth-order valence-corrected chi connectivity index (χ4v) is 3.01. The van der Waals surface area contributed by atoms with E-state index in [0.29, 0.717) is 0 Å². The number of hydrogen-bond donors (Lipinski definition) is 2.